The van der Waals surface area contributed by atoms with Crippen LogP contribution in [-0.4, -0.2) is 97.5 Å². The lowest BCUT2D eigenvalue weighted by atomic mass is 9.79. The van der Waals surface area contributed by atoms with Gasteiger partial charge in [0.2, 0.25) is 6.29 Å². The summed E-state index contributed by atoms with van der Waals surface area (Å²) in [5.41, 5.74) is -2.01. The number of fused-ring (bicyclic) bond motifs is 1. The Hall–Kier alpha value is -1.57. The Labute approximate surface area is 153 Å². The van der Waals surface area contributed by atoms with Gasteiger partial charge in [0.1, 0.15) is 30.0 Å². The third-order valence-corrected chi connectivity index (χ3v) is 5.15. The molecule has 3 aliphatic rings. The molecule has 0 bridgehead atoms. The summed E-state index contributed by atoms with van der Waals surface area (Å²) in [4.78, 5) is 11.4. The molecule has 1 aliphatic carbocycles. The van der Waals surface area contributed by atoms with Crippen molar-refractivity contribution < 1.29 is 54.8 Å². The quantitative estimate of drug-likeness (QED) is 0.233. The number of carboxylic acid groups (broad SMARTS) is 1. The summed E-state index contributed by atoms with van der Waals surface area (Å²) in [5, 5.41) is 68.4. The Morgan fingerprint density at radius 1 is 1.15 bits per heavy atom. The highest BCUT2D eigenvalue weighted by atomic mass is 16.8. The van der Waals surface area contributed by atoms with Crippen molar-refractivity contribution in [2.75, 3.05) is 13.2 Å². The smallest absolute Gasteiger partial charge is 0.335 e. The number of aliphatic carboxylic acids is 1. The van der Waals surface area contributed by atoms with E-state index in [0.717, 1.165) is 6.26 Å². The van der Waals surface area contributed by atoms with Crippen LogP contribution in [0.4, 0.5) is 0 Å². The van der Waals surface area contributed by atoms with Gasteiger partial charge in [0, 0.05) is 5.92 Å². The van der Waals surface area contributed by atoms with Crippen molar-refractivity contribution in [3.05, 3.63) is 24.0 Å². The van der Waals surface area contributed by atoms with Crippen molar-refractivity contribution in [3.63, 3.8) is 0 Å². The number of aliphatic hydroxyl groups excluding tert-OH is 5. The van der Waals surface area contributed by atoms with E-state index < -0.39 is 73.6 Å². The van der Waals surface area contributed by atoms with Crippen molar-refractivity contribution in [3.8, 4) is 0 Å². The maximum atomic E-state index is 11.4. The zero-order valence-corrected chi connectivity index (χ0v) is 14.0. The fraction of sp³-hybridized carbons (Fsp3) is 0.688. The van der Waals surface area contributed by atoms with Crippen LogP contribution in [0.1, 0.15) is 0 Å². The maximum absolute atomic E-state index is 11.4. The molecule has 0 aromatic carbocycles. The van der Waals surface area contributed by atoms with Crippen LogP contribution < -0.4 is 0 Å². The number of carbonyl (C=O) groups is 1. The van der Waals surface area contributed by atoms with Crippen LogP contribution in [0.25, 0.3) is 0 Å². The van der Waals surface area contributed by atoms with Gasteiger partial charge >= 0.3 is 5.97 Å². The molecule has 0 aromatic rings. The van der Waals surface area contributed by atoms with Crippen LogP contribution in [0.2, 0.25) is 0 Å². The molecule has 27 heavy (non-hydrogen) atoms. The van der Waals surface area contributed by atoms with E-state index in [2.05, 4.69) is 0 Å². The number of hydrogen-bond acceptors (Lipinski definition) is 10. The van der Waals surface area contributed by atoms with Gasteiger partial charge in [-0.05, 0) is 0 Å². The average Bonchev–Trinajstić information content (AvgIpc) is 3.01. The third kappa shape index (κ3) is 3.37. The van der Waals surface area contributed by atoms with E-state index in [1.807, 2.05) is 0 Å². The molecule has 1 fully saturated rings. The van der Waals surface area contributed by atoms with Crippen molar-refractivity contribution in [2.45, 2.75) is 42.6 Å². The molecule has 2 aliphatic heterocycles. The van der Waals surface area contributed by atoms with Crippen molar-refractivity contribution in [2.24, 2.45) is 11.8 Å². The van der Waals surface area contributed by atoms with Gasteiger partial charge in [-0.25, -0.2) is 4.79 Å². The summed E-state index contributed by atoms with van der Waals surface area (Å²) in [6.45, 7) is -1.40. The van der Waals surface area contributed by atoms with Crippen LogP contribution in [0.15, 0.2) is 24.0 Å². The Balaban J connectivity index is 1.84. The molecule has 9 atom stereocenters. The molecule has 3 rings (SSSR count). The molecule has 152 valence electrons. The van der Waals surface area contributed by atoms with Crippen LogP contribution in [0, 0.1) is 11.8 Å². The number of allylic oxidation sites excluding steroid dienone is 1. The number of carboxylic acids is 1. The highest BCUT2D eigenvalue weighted by molar-refractivity contribution is 5.87. The highest BCUT2D eigenvalue weighted by Crippen LogP contribution is 2.45. The van der Waals surface area contributed by atoms with Gasteiger partial charge in [0.05, 0.1) is 31.0 Å². The molecule has 0 spiro atoms. The number of hydrogen-bond donors (Lipinski definition) is 7. The van der Waals surface area contributed by atoms with E-state index in [4.69, 9.17) is 14.2 Å². The maximum Gasteiger partial charge on any atom is 0.335 e. The van der Waals surface area contributed by atoms with Crippen LogP contribution in [-0.2, 0) is 19.0 Å². The minimum absolute atomic E-state index is 0.158. The predicted octanol–water partition coefficient (Wildman–Crippen LogP) is -3.35. The second kappa shape index (κ2) is 7.45. The number of rotatable bonds is 5. The first-order valence-electron chi connectivity index (χ1n) is 8.31. The second-order valence-electron chi connectivity index (χ2n) is 6.78. The molecule has 0 saturated carbocycles. The number of ether oxygens (including phenoxy) is 3. The summed E-state index contributed by atoms with van der Waals surface area (Å²) < 4.78 is 16.0. The summed E-state index contributed by atoms with van der Waals surface area (Å²) in [6.07, 6.45) is -5.48. The Bertz CT molecular complexity index is 632. The first-order valence-corrected chi connectivity index (χ1v) is 8.31. The van der Waals surface area contributed by atoms with E-state index in [1.165, 1.54) is 12.2 Å². The van der Waals surface area contributed by atoms with Crippen LogP contribution in [0.3, 0.4) is 0 Å². The molecule has 11 nitrogen and oxygen atoms in total. The summed E-state index contributed by atoms with van der Waals surface area (Å²) in [5.74, 6) is -3.20. The molecule has 7 N–H and O–H groups in total. The predicted molar refractivity (Wildman–Crippen MR) is 83.6 cm³/mol. The normalized spacial score (nSPS) is 46.5. The SMILES string of the molecule is O=C(O)C1=CO[C@@H](O[C@@H]2O[C@H](CO)[C@@H](O)[C@H](O)[C@H]2O)[C@H]2[C@H]1C=C[C@]2(O)CO. The minimum atomic E-state index is -1.85. The third-order valence-electron chi connectivity index (χ3n) is 5.15. The summed E-state index contributed by atoms with van der Waals surface area (Å²) in [7, 11) is 0. The van der Waals surface area contributed by atoms with Crippen molar-refractivity contribution in [1.82, 2.24) is 0 Å². The monoisotopic (exact) mass is 390 g/mol. The lowest BCUT2D eigenvalue weighted by molar-refractivity contribution is -0.346. The van der Waals surface area contributed by atoms with E-state index in [-0.39, 0.29) is 5.57 Å². The van der Waals surface area contributed by atoms with Gasteiger partial charge < -0.3 is 50.0 Å². The van der Waals surface area contributed by atoms with E-state index in [9.17, 15) is 40.5 Å². The molecule has 0 radical (unpaired) electrons. The molecular formula is C16H22O11. The van der Waals surface area contributed by atoms with E-state index in [0.29, 0.717) is 0 Å². The van der Waals surface area contributed by atoms with Gasteiger partial charge in [-0.1, -0.05) is 12.2 Å². The van der Waals surface area contributed by atoms with E-state index >= 15 is 0 Å². The number of aliphatic hydroxyl groups is 6. The zero-order chi connectivity index (χ0) is 19.9. The lowest BCUT2D eigenvalue weighted by Gasteiger charge is -2.44. The second-order valence-corrected chi connectivity index (χ2v) is 6.78. The molecule has 0 aromatic heterocycles. The molecule has 2 heterocycles. The Kier molecular flexibility index (Phi) is 5.57. The van der Waals surface area contributed by atoms with Gasteiger partial charge in [0.15, 0.2) is 6.29 Å². The summed E-state index contributed by atoms with van der Waals surface area (Å²) in [6, 6.07) is 0. The van der Waals surface area contributed by atoms with Gasteiger partial charge in [-0.2, -0.15) is 0 Å². The fourth-order valence-corrected chi connectivity index (χ4v) is 3.60. The molecule has 1 saturated heterocycles. The summed E-state index contributed by atoms with van der Waals surface area (Å²) >= 11 is 0. The van der Waals surface area contributed by atoms with Crippen molar-refractivity contribution >= 4 is 5.97 Å². The Morgan fingerprint density at radius 3 is 2.44 bits per heavy atom. The zero-order valence-electron chi connectivity index (χ0n) is 14.0. The topological polar surface area (TPSA) is 186 Å². The van der Waals surface area contributed by atoms with Gasteiger partial charge in [-0.15, -0.1) is 0 Å². The van der Waals surface area contributed by atoms with Gasteiger partial charge in [0.25, 0.3) is 0 Å². The molecule has 0 amide bonds. The Morgan fingerprint density at radius 2 is 1.85 bits per heavy atom. The largest absolute Gasteiger partial charge is 0.478 e. The molecule has 0 unspecified atom stereocenters. The molecular weight excluding hydrogens is 368 g/mol. The lowest BCUT2D eigenvalue weighted by Crippen LogP contribution is -2.61. The fourth-order valence-electron chi connectivity index (χ4n) is 3.60. The van der Waals surface area contributed by atoms with Gasteiger partial charge in [-0.3, -0.25) is 0 Å². The first kappa shape index (κ1) is 20.2. The van der Waals surface area contributed by atoms with Crippen LogP contribution >= 0.6 is 0 Å². The highest BCUT2D eigenvalue weighted by Gasteiger charge is 2.55. The average molecular weight is 390 g/mol. The van der Waals surface area contributed by atoms with E-state index in [1.54, 1.807) is 0 Å². The first-order chi connectivity index (χ1) is 12.7. The minimum Gasteiger partial charge on any atom is -0.478 e. The standard InChI is InChI=1S/C16H22O11/c17-3-8-10(19)11(20)12(21)15(26-8)27-14-9-6(1-2-16(9,24)5-18)7(4-25-14)13(22)23/h1-2,4,6,8-12,14-15,17-21,24H,3,5H2,(H,22,23)/t6-,8+,9+,10+,11-,12+,14-,15-,16-/m0/s1. The van der Waals surface area contributed by atoms with Crippen LogP contribution in [0.5, 0.6) is 0 Å². The van der Waals surface area contributed by atoms with Crippen molar-refractivity contribution in [1.29, 1.82) is 0 Å². The molecule has 11 heteroatoms.